The average Bonchev–Trinajstić information content (AvgIpc) is 3.24. The highest BCUT2D eigenvalue weighted by molar-refractivity contribution is 6.01. The van der Waals surface area contributed by atoms with Gasteiger partial charge in [-0.15, -0.1) is 0 Å². The Morgan fingerprint density at radius 1 is 1.07 bits per heavy atom. The Balaban J connectivity index is 1.50. The van der Waals surface area contributed by atoms with Crippen LogP contribution in [0.5, 0.6) is 5.75 Å². The van der Waals surface area contributed by atoms with Crippen LogP contribution in [0, 0.1) is 6.92 Å². The van der Waals surface area contributed by atoms with Crippen molar-refractivity contribution in [1.82, 2.24) is 4.90 Å². The van der Waals surface area contributed by atoms with Gasteiger partial charge in [-0.1, -0.05) is 18.2 Å². The van der Waals surface area contributed by atoms with E-state index in [0.717, 1.165) is 22.6 Å². The summed E-state index contributed by atoms with van der Waals surface area (Å²) in [6, 6.07) is 18.5. The maximum Gasteiger partial charge on any atom is 0.290 e. The van der Waals surface area contributed by atoms with Crippen molar-refractivity contribution in [1.29, 1.82) is 0 Å². The molecule has 154 valence electrons. The largest absolute Gasteiger partial charge is 0.497 e. The molecule has 0 N–H and O–H groups in total. The van der Waals surface area contributed by atoms with Crippen molar-refractivity contribution in [3.63, 3.8) is 0 Å². The lowest BCUT2D eigenvalue weighted by Gasteiger charge is -2.39. The third-order valence-corrected chi connectivity index (χ3v) is 5.37. The summed E-state index contributed by atoms with van der Waals surface area (Å²) in [6.45, 7) is 4.40. The molecule has 1 saturated heterocycles. The number of anilines is 1. The quantitative estimate of drug-likeness (QED) is 0.656. The lowest BCUT2D eigenvalue weighted by molar-refractivity contribution is -0.121. The molecule has 0 radical (unpaired) electrons. The number of aryl methyl sites for hydroxylation is 1. The maximum absolute atomic E-state index is 13.0. The van der Waals surface area contributed by atoms with E-state index in [1.807, 2.05) is 62.4 Å². The number of hydrogen-bond donors (Lipinski definition) is 0. The molecule has 2 heterocycles. The second kappa shape index (κ2) is 8.06. The SMILES string of the molecule is COc1ccc(-c2ccc(C(=O)N3CC(=O)N(c4ccccc4C)C(C)C3)o2)cc1. The third kappa shape index (κ3) is 3.68. The molecule has 1 atom stereocenters. The average molecular weight is 404 g/mol. The number of para-hydroxylation sites is 1. The molecular weight excluding hydrogens is 380 g/mol. The summed E-state index contributed by atoms with van der Waals surface area (Å²) >= 11 is 0. The summed E-state index contributed by atoms with van der Waals surface area (Å²) in [5, 5.41) is 0. The molecule has 6 nitrogen and oxygen atoms in total. The van der Waals surface area contributed by atoms with Crippen LogP contribution in [0.2, 0.25) is 0 Å². The fourth-order valence-corrected chi connectivity index (χ4v) is 3.83. The Kier molecular flexibility index (Phi) is 5.31. The number of carbonyl (C=O) groups excluding carboxylic acids is 2. The molecule has 30 heavy (non-hydrogen) atoms. The summed E-state index contributed by atoms with van der Waals surface area (Å²) in [5.74, 6) is 1.20. The smallest absolute Gasteiger partial charge is 0.290 e. The lowest BCUT2D eigenvalue weighted by Crippen LogP contribution is -2.57. The Labute approximate surface area is 175 Å². The van der Waals surface area contributed by atoms with Gasteiger partial charge in [0, 0.05) is 17.8 Å². The van der Waals surface area contributed by atoms with E-state index in [4.69, 9.17) is 9.15 Å². The van der Waals surface area contributed by atoms with E-state index in [0.29, 0.717) is 12.3 Å². The monoisotopic (exact) mass is 404 g/mol. The minimum absolute atomic E-state index is 0.0239. The number of furan rings is 1. The molecular formula is C24H24N2O4. The summed E-state index contributed by atoms with van der Waals surface area (Å²) in [6.07, 6.45) is 0. The molecule has 0 bridgehead atoms. The second-order valence-electron chi connectivity index (χ2n) is 7.48. The second-order valence-corrected chi connectivity index (χ2v) is 7.48. The Bertz CT molecular complexity index is 1070. The zero-order chi connectivity index (χ0) is 21.3. The number of rotatable bonds is 4. The van der Waals surface area contributed by atoms with Crippen molar-refractivity contribution in [2.24, 2.45) is 0 Å². The van der Waals surface area contributed by atoms with Crippen LogP contribution < -0.4 is 9.64 Å². The molecule has 1 unspecified atom stereocenters. The van der Waals surface area contributed by atoms with Crippen LogP contribution in [-0.2, 0) is 4.79 Å². The molecule has 0 saturated carbocycles. The van der Waals surface area contributed by atoms with Crippen LogP contribution in [0.25, 0.3) is 11.3 Å². The summed E-state index contributed by atoms with van der Waals surface area (Å²) in [5.41, 5.74) is 2.78. The normalized spacial score (nSPS) is 16.6. The van der Waals surface area contributed by atoms with E-state index < -0.39 is 0 Å². The van der Waals surface area contributed by atoms with E-state index in [9.17, 15) is 9.59 Å². The Morgan fingerprint density at radius 2 is 1.80 bits per heavy atom. The van der Waals surface area contributed by atoms with Gasteiger partial charge in [-0.3, -0.25) is 9.59 Å². The predicted molar refractivity (Wildman–Crippen MR) is 115 cm³/mol. The highest BCUT2D eigenvalue weighted by Crippen LogP contribution is 2.28. The van der Waals surface area contributed by atoms with Crippen molar-refractivity contribution in [3.05, 3.63) is 72.0 Å². The summed E-state index contributed by atoms with van der Waals surface area (Å²) in [7, 11) is 1.61. The number of nitrogens with zero attached hydrogens (tertiary/aromatic N) is 2. The fraction of sp³-hybridized carbons (Fsp3) is 0.250. The first-order valence-electron chi connectivity index (χ1n) is 9.89. The molecule has 1 fully saturated rings. The number of ether oxygens (including phenoxy) is 1. The minimum Gasteiger partial charge on any atom is -0.497 e. The van der Waals surface area contributed by atoms with Gasteiger partial charge in [-0.25, -0.2) is 0 Å². The summed E-state index contributed by atoms with van der Waals surface area (Å²) < 4.78 is 11.0. The molecule has 1 aromatic heterocycles. The van der Waals surface area contributed by atoms with Gasteiger partial charge in [0.15, 0.2) is 5.76 Å². The van der Waals surface area contributed by atoms with Crippen molar-refractivity contribution in [2.75, 3.05) is 25.1 Å². The Morgan fingerprint density at radius 3 is 2.47 bits per heavy atom. The van der Waals surface area contributed by atoms with Crippen LogP contribution in [0.1, 0.15) is 23.0 Å². The molecule has 1 aliphatic rings. The number of carbonyl (C=O) groups is 2. The zero-order valence-electron chi connectivity index (χ0n) is 17.3. The third-order valence-electron chi connectivity index (χ3n) is 5.37. The van der Waals surface area contributed by atoms with Gasteiger partial charge in [0.2, 0.25) is 5.91 Å². The van der Waals surface area contributed by atoms with E-state index in [1.165, 1.54) is 0 Å². The highest BCUT2D eigenvalue weighted by atomic mass is 16.5. The number of benzene rings is 2. The van der Waals surface area contributed by atoms with Crippen LogP contribution in [0.3, 0.4) is 0 Å². The van der Waals surface area contributed by atoms with E-state index in [2.05, 4.69) is 0 Å². The van der Waals surface area contributed by atoms with Gasteiger partial charge in [0.1, 0.15) is 18.1 Å². The molecule has 4 rings (SSSR count). The van der Waals surface area contributed by atoms with Crippen LogP contribution >= 0.6 is 0 Å². The zero-order valence-corrected chi connectivity index (χ0v) is 17.3. The maximum atomic E-state index is 13.0. The predicted octanol–water partition coefficient (Wildman–Crippen LogP) is 4.14. The first kappa shape index (κ1) is 19.8. The molecule has 2 amide bonds. The topological polar surface area (TPSA) is 63.0 Å². The van der Waals surface area contributed by atoms with Gasteiger partial charge in [-0.05, 0) is 61.9 Å². The van der Waals surface area contributed by atoms with Crippen molar-refractivity contribution >= 4 is 17.5 Å². The van der Waals surface area contributed by atoms with Crippen molar-refractivity contribution in [3.8, 4) is 17.1 Å². The van der Waals surface area contributed by atoms with Gasteiger partial charge >= 0.3 is 0 Å². The minimum atomic E-state index is -0.278. The number of methoxy groups -OCH3 is 1. The Hall–Kier alpha value is -3.54. The van der Waals surface area contributed by atoms with Crippen molar-refractivity contribution < 1.29 is 18.7 Å². The summed E-state index contributed by atoms with van der Waals surface area (Å²) in [4.78, 5) is 29.2. The number of piperazine rings is 1. The fourth-order valence-electron chi connectivity index (χ4n) is 3.83. The van der Waals surface area contributed by atoms with Gasteiger partial charge in [-0.2, -0.15) is 0 Å². The van der Waals surface area contributed by atoms with Crippen molar-refractivity contribution in [2.45, 2.75) is 19.9 Å². The number of hydrogen-bond acceptors (Lipinski definition) is 4. The molecule has 1 aliphatic heterocycles. The highest BCUT2D eigenvalue weighted by Gasteiger charge is 2.35. The first-order valence-corrected chi connectivity index (χ1v) is 9.89. The number of amides is 2. The van der Waals surface area contributed by atoms with Crippen LogP contribution in [0.15, 0.2) is 65.1 Å². The molecule has 0 aliphatic carbocycles. The van der Waals surface area contributed by atoms with Crippen LogP contribution in [0.4, 0.5) is 5.69 Å². The molecule has 0 spiro atoms. The molecule has 2 aromatic carbocycles. The first-order chi connectivity index (χ1) is 14.5. The van der Waals surface area contributed by atoms with Gasteiger partial charge in [0.25, 0.3) is 5.91 Å². The van der Waals surface area contributed by atoms with Gasteiger partial charge in [0.05, 0.1) is 13.2 Å². The van der Waals surface area contributed by atoms with Gasteiger partial charge < -0.3 is 19.0 Å². The lowest BCUT2D eigenvalue weighted by atomic mass is 10.1. The van der Waals surface area contributed by atoms with E-state index in [1.54, 1.807) is 29.0 Å². The van der Waals surface area contributed by atoms with Crippen LogP contribution in [-0.4, -0.2) is 43.0 Å². The standard InChI is InChI=1S/C24H24N2O4/c1-16-6-4-5-7-20(16)26-17(2)14-25(15-23(26)27)24(28)22-13-12-21(30-22)18-8-10-19(29-3)11-9-18/h4-13,17H,14-15H2,1-3H3. The molecule has 6 heteroatoms. The van der Waals surface area contributed by atoms with E-state index >= 15 is 0 Å². The van der Waals surface area contributed by atoms with E-state index in [-0.39, 0.29) is 30.2 Å². The molecule has 3 aromatic rings.